The lowest BCUT2D eigenvalue weighted by molar-refractivity contribution is -0.0912. The summed E-state index contributed by atoms with van der Waals surface area (Å²) in [6.45, 7) is 0.468. The fourth-order valence-corrected chi connectivity index (χ4v) is 3.75. The standard InChI is InChI=1S/C22H26N6O4/c1-31-16-4-2-15(3-5-16)20-13-28(27-26-20)11-8-17-6-7-18(21(14-29)32-17)25-22(30)19-12-23-9-10-24-19/h2-5,9-10,12-13,17-18,21,29H,6-8,11,14H2,1H3,(H,25,30)/t17-,18+,21-/m1/s1. The van der Waals surface area contributed by atoms with Crippen LogP contribution >= 0.6 is 0 Å². The van der Waals surface area contributed by atoms with Gasteiger partial charge in [-0.2, -0.15) is 0 Å². The number of aryl methyl sites for hydroxylation is 1. The highest BCUT2D eigenvalue weighted by atomic mass is 16.5. The molecule has 3 heterocycles. The van der Waals surface area contributed by atoms with Gasteiger partial charge in [0, 0.05) is 24.5 Å². The van der Waals surface area contributed by atoms with E-state index in [9.17, 15) is 9.90 Å². The van der Waals surface area contributed by atoms with Crippen LogP contribution in [0.5, 0.6) is 5.75 Å². The van der Waals surface area contributed by atoms with Crippen molar-refractivity contribution in [2.75, 3.05) is 13.7 Å². The van der Waals surface area contributed by atoms with Gasteiger partial charge in [0.25, 0.3) is 5.91 Å². The first kappa shape index (κ1) is 21.8. The number of nitrogens with zero attached hydrogens (tertiary/aromatic N) is 5. The van der Waals surface area contributed by atoms with E-state index in [0.29, 0.717) is 13.0 Å². The zero-order chi connectivity index (χ0) is 22.3. The Morgan fingerprint density at radius 1 is 1.28 bits per heavy atom. The van der Waals surface area contributed by atoms with Gasteiger partial charge in [-0.15, -0.1) is 5.10 Å². The molecule has 4 rings (SSSR count). The molecule has 2 N–H and O–H groups in total. The number of carbonyl (C=O) groups excluding carboxylic acids is 1. The van der Waals surface area contributed by atoms with Crippen LogP contribution in [0.15, 0.2) is 49.1 Å². The molecule has 10 heteroatoms. The zero-order valence-corrected chi connectivity index (χ0v) is 17.8. The second-order valence-corrected chi connectivity index (χ2v) is 7.61. The predicted molar refractivity (Wildman–Crippen MR) is 115 cm³/mol. The lowest BCUT2D eigenvalue weighted by atomic mass is 9.97. The first-order chi connectivity index (χ1) is 15.7. The van der Waals surface area contributed by atoms with Crippen molar-refractivity contribution < 1.29 is 19.4 Å². The van der Waals surface area contributed by atoms with E-state index in [2.05, 4.69) is 25.6 Å². The topological polar surface area (TPSA) is 124 Å². The number of ether oxygens (including phenoxy) is 2. The molecule has 3 aromatic rings. The molecule has 1 amide bonds. The monoisotopic (exact) mass is 438 g/mol. The highest BCUT2D eigenvalue weighted by Gasteiger charge is 2.32. The Balaban J connectivity index is 1.29. The van der Waals surface area contributed by atoms with Gasteiger partial charge in [0.05, 0.1) is 38.3 Å². The van der Waals surface area contributed by atoms with Crippen LogP contribution in [0.25, 0.3) is 11.3 Å². The summed E-state index contributed by atoms with van der Waals surface area (Å²) < 4.78 is 13.0. The number of hydrogen-bond donors (Lipinski definition) is 2. The Hall–Kier alpha value is -3.37. The van der Waals surface area contributed by atoms with Crippen LogP contribution in [-0.2, 0) is 11.3 Å². The van der Waals surface area contributed by atoms with E-state index in [1.807, 2.05) is 30.5 Å². The molecule has 0 radical (unpaired) electrons. The Kier molecular flexibility index (Phi) is 7.03. The van der Waals surface area contributed by atoms with Gasteiger partial charge in [-0.3, -0.25) is 14.5 Å². The molecule has 1 fully saturated rings. The van der Waals surface area contributed by atoms with Gasteiger partial charge < -0.3 is 19.9 Å². The number of benzene rings is 1. The number of nitrogens with one attached hydrogen (secondary N) is 1. The van der Waals surface area contributed by atoms with Crippen molar-refractivity contribution in [2.24, 2.45) is 0 Å². The third kappa shape index (κ3) is 5.27. The summed E-state index contributed by atoms with van der Waals surface area (Å²) in [5.41, 5.74) is 2.00. The third-order valence-electron chi connectivity index (χ3n) is 5.51. The summed E-state index contributed by atoms with van der Waals surface area (Å²) >= 11 is 0. The van der Waals surface area contributed by atoms with Crippen LogP contribution in [-0.4, -0.2) is 67.9 Å². The molecule has 1 saturated heterocycles. The van der Waals surface area contributed by atoms with Gasteiger partial charge in [-0.25, -0.2) is 4.98 Å². The molecule has 0 bridgehead atoms. The van der Waals surface area contributed by atoms with Crippen molar-refractivity contribution >= 4 is 5.91 Å². The van der Waals surface area contributed by atoms with Crippen molar-refractivity contribution in [3.63, 3.8) is 0 Å². The average molecular weight is 438 g/mol. The molecule has 0 aliphatic carbocycles. The lowest BCUT2D eigenvalue weighted by Crippen LogP contribution is -2.51. The van der Waals surface area contributed by atoms with E-state index in [0.717, 1.165) is 29.8 Å². The largest absolute Gasteiger partial charge is 0.497 e. The van der Waals surface area contributed by atoms with E-state index >= 15 is 0 Å². The van der Waals surface area contributed by atoms with Crippen LogP contribution in [0.1, 0.15) is 29.8 Å². The molecular formula is C22H26N6O4. The maximum Gasteiger partial charge on any atom is 0.271 e. The Bertz CT molecular complexity index is 1010. The number of carbonyl (C=O) groups is 1. The van der Waals surface area contributed by atoms with Crippen LogP contribution in [0.4, 0.5) is 0 Å². The number of hydrogen-bond acceptors (Lipinski definition) is 8. The fraction of sp³-hybridized carbons (Fsp3) is 0.409. The van der Waals surface area contributed by atoms with Crippen LogP contribution in [0.2, 0.25) is 0 Å². The van der Waals surface area contributed by atoms with Crippen molar-refractivity contribution in [2.45, 2.75) is 44.1 Å². The molecular weight excluding hydrogens is 412 g/mol. The molecule has 10 nitrogen and oxygen atoms in total. The predicted octanol–water partition coefficient (Wildman–Crippen LogP) is 1.47. The van der Waals surface area contributed by atoms with Crippen molar-refractivity contribution in [3.05, 3.63) is 54.7 Å². The van der Waals surface area contributed by atoms with Gasteiger partial charge in [0.1, 0.15) is 23.2 Å². The van der Waals surface area contributed by atoms with Crippen molar-refractivity contribution in [1.82, 2.24) is 30.3 Å². The molecule has 1 aromatic carbocycles. The first-order valence-corrected chi connectivity index (χ1v) is 10.5. The third-order valence-corrected chi connectivity index (χ3v) is 5.51. The van der Waals surface area contributed by atoms with Crippen LogP contribution < -0.4 is 10.1 Å². The SMILES string of the molecule is COc1ccc(-c2cn(CC[C@H]3CC[C@H](NC(=O)c4cnccn4)[C@@H](CO)O3)nn2)cc1. The maximum atomic E-state index is 12.3. The minimum Gasteiger partial charge on any atom is -0.497 e. The maximum absolute atomic E-state index is 12.3. The number of amides is 1. The highest BCUT2D eigenvalue weighted by molar-refractivity contribution is 5.92. The summed E-state index contributed by atoms with van der Waals surface area (Å²) in [6, 6.07) is 7.38. The number of aliphatic hydroxyl groups is 1. The molecule has 0 spiro atoms. The zero-order valence-electron chi connectivity index (χ0n) is 17.8. The molecule has 32 heavy (non-hydrogen) atoms. The molecule has 0 unspecified atom stereocenters. The quantitative estimate of drug-likeness (QED) is 0.542. The van der Waals surface area contributed by atoms with E-state index < -0.39 is 6.10 Å². The highest BCUT2D eigenvalue weighted by Crippen LogP contribution is 2.23. The van der Waals surface area contributed by atoms with Gasteiger partial charge in [-0.1, -0.05) is 5.21 Å². The van der Waals surface area contributed by atoms with E-state index in [4.69, 9.17) is 9.47 Å². The number of aromatic nitrogens is 5. The minimum absolute atomic E-state index is 0.0366. The number of methoxy groups -OCH3 is 1. The van der Waals surface area contributed by atoms with Gasteiger partial charge >= 0.3 is 0 Å². The van der Waals surface area contributed by atoms with Crippen molar-refractivity contribution in [1.29, 1.82) is 0 Å². The first-order valence-electron chi connectivity index (χ1n) is 10.5. The second-order valence-electron chi connectivity index (χ2n) is 7.61. The van der Waals surface area contributed by atoms with E-state index in [1.165, 1.54) is 18.6 Å². The minimum atomic E-state index is -0.472. The average Bonchev–Trinajstić information content (AvgIpc) is 3.33. The van der Waals surface area contributed by atoms with E-state index in [1.54, 1.807) is 11.8 Å². The summed E-state index contributed by atoms with van der Waals surface area (Å²) in [6.07, 6.45) is 7.98. The molecule has 3 atom stereocenters. The van der Waals surface area contributed by atoms with Gasteiger partial charge in [-0.05, 0) is 43.5 Å². The fourth-order valence-electron chi connectivity index (χ4n) is 3.75. The summed E-state index contributed by atoms with van der Waals surface area (Å²) in [7, 11) is 1.63. The number of rotatable bonds is 8. The molecule has 2 aromatic heterocycles. The van der Waals surface area contributed by atoms with Gasteiger partial charge in [0.2, 0.25) is 0 Å². The van der Waals surface area contributed by atoms with Crippen molar-refractivity contribution in [3.8, 4) is 17.0 Å². The normalized spacial score (nSPS) is 20.6. The summed E-state index contributed by atoms with van der Waals surface area (Å²) in [4.78, 5) is 20.3. The number of aliphatic hydroxyl groups excluding tert-OH is 1. The van der Waals surface area contributed by atoms with Crippen LogP contribution in [0.3, 0.4) is 0 Å². The molecule has 1 aliphatic heterocycles. The smallest absolute Gasteiger partial charge is 0.271 e. The molecule has 0 saturated carbocycles. The lowest BCUT2D eigenvalue weighted by Gasteiger charge is -2.36. The Morgan fingerprint density at radius 3 is 2.84 bits per heavy atom. The van der Waals surface area contributed by atoms with Gasteiger partial charge in [0.15, 0.2) is 0 Å². The summed E-state index contributed by atoms with van der Waals surface area (Å²) in [5, 5.41) is 21.1. The second kappa shape index (κ2) is 10.3. The van der Waals surface area contributed by atoms with E-state index in [-0.39, 0.29) is 30.4 Å². The molecule has 168 valence electrons. The molecule has 1 aliphatic rings. The Morgan fingerprint density at radius 2 is 2.12 bits per heavy atom. The summed E-state index contributed by atoms with van der Waals surface area (Å²) in [5.74, 6) is 0.470. The Labute approximate surface area is 185 Å². The van der Waals surface area contributed by atoms with Crippen LogP contribution in [0, 0.1) is 0 Å².